The van der Waals surface area contributed by atoms with Crippen LogP contribution in [0.15, 0.2) is 82.0 Å². The monoisotopic (exact) mass is 432 g/mol. The van der Waals surface area contributed by atoms with Crippen LogP contribution in [0.2, 0.25) is 5.02 Å². The van der Waals surface area contributed by atoms with E-state index in [9.17, 15) is 9.59 Å². The molecule has 1 aliphatic rings. The third-order valence-corrected chi connectivity index (χ3v) is 5.54. The van der Waals surface area contributed by atoms with Crippen molar-refractivity contribution < 1.29 is 18.4 Å². The number of carbonyl (C=O) groups excluding carboxylic acids is 2. The Labute approximate surface area is 183 Å². The van der Waals surface area contributed by atoms with E-state index in [2.05, 4.69) is 5.32 Å². The number of furan rings is 2. The van der Waals surface area contributed by atoms with Gasteiger partial charge in [-0.25, -0.2) is 0 Å². The molecule has 2 amide bonds. The minimum atomic E-state index is -0.359. The highest BCUT2D eigenvalue weighted by Gasteiger charge is 2.26. The van der Waals surface area contributed by atoms with Crippen LogP contribution in [0.5, 0.6) is 0 Å². The molecule has 2 aromatic carbocycles. The Balaban J connectivity index is 1.32. The predicted octanol–water partition coefficient (Wildman–Crippen LogP) is 5.65. The molecule has 2 aromatic heterocycles. The van der Waals surface area contributed by atoms with Gasteiger partial charge in [0, 0.05) is 23.5 Å². The van der Waals surface area contributed by atoms with Crippen LogP contribution in [0, 0.1) is 0 Å². The molecule has 0 unspecified atom stereocenters. The van der Waals surface area contributed by atoms with Crippen LogP contribution >= 0.6 is 11.6 Å². The average Bonchev–Trinajstić information content (AvgIpc) is 3.53. The molecule has 0 radical (unpaired) electrons. The summed E-state index contributed by atoms with van der Waals surface area (Å²) in [5.74, 6) is 0.250. The number of hydrogen-bond acceptors (Lipinski definition) is 4. The second-order valence-corrected chi connectivity index (χ2v) is 7.57. The van der Waals surface area contributed by atoms with Crippen LogP contribution in [-0.2, 0) is 6.42 Å². The average molecular weight is 433 g/mol. The van der Waals surface area contributed by atoms with Crippen molar-refractivity contribution in [3.63, 3.8) is 0 Å². The van der Waals surface area contributed by atoms with Crippen LogP contribution in [0.3, 0.4) is 0 Å². The molecule has 0 saturated heterocycles. The number of rotatable bonds is 4. The summed E-state index contributed by atoms with van der Waals surface area (Å²) in [7, 11) is 0. The van der Waals surface area contributed by atoms with Gasteiger partial charge in [-0.15, -0.1) is 0 Å². The standard InChI is InChI=1S/C24H17ClN2O4/c25-19-4-2-1-3-18(19)21-7-8-22(31-21)23(28)26-17-5-6-20-15(13-17)9-11-27(20)24(29)16-10-12-30-14-16/h1-8,10,12-14H,9,11H2,(H,26,28). The zero-order valence-corrected chi connectivity index (χ0v) is 17.1. The molecule has 1 aliphatic heterocycles. The lowest BCUT2D eigenvalue weighted by Crippen LogP contribution is -2.28. The number of amides is 2. The van der Waals surface area contributed by atoms with Gasteiger partial charge in [-0.1, -0.05) is 23.7 Å². The molecule has 7 heteroatoms. The SMILES string of the molecule is O=C(Nc1ccc2c(c1)CCN2C(=O)c1ccoc1)c1ccc(-c2ccccc2Cl)o1. The Hall–Kier alpha value is -3.77. The fraction of sp³-hybridized carbons (Fsp3) is 0.0833. The van der Waals surface area contributed by atoms with Crippen molar-refractivity contribution >= 4 is 34.8 Å². The van der Waals surface area contributed by atoms with Gasteiger partial charge in [0.25, 0.3) is 11.8 Å². The molecule has 5 rings (SSSR count). The largest absolute Gasteiger partial charge is 0.472 e. The summed E-state index contributed by atoms with van der Waals surface area (Å²) in [5, 5.41) is 3.41. The Bertz CT molecular complexity index is 1280. The van der Waals surface area contributed by atoms with Crippen molar-refractivity contribution in [2.45, 2.75) is 6.42 Å². The molecule has 1 N–H and O–H groups in total. The molecule has 0 aliphatic carbocycles. The summed E-state index contributed by atoms with van der Waals surface area (Å²) in [4.78, 5) is 27.0. The van der Waals surface area contributed by atoms with Crippen LogP contribution < -0.4 is 10.2 Å². The van der Waals surface area contributed by atoms with Crippen molar-refractivity contribution in [1.82, 2.24) is 0 Å². The number of halogens is 1. The molecule has 0 bridgehead atoms. The zero-order chi connectivity index (χ0) is 21.4. The van der Waals surface area contributed by atoms with E-state index in [-0.39, 0.29) is 17.6 Å². The highest BCUT2D eigenvalue weighted by Crippen LogP contribution is 2.32. The van der Waals surface area contributed by atoms with Crippen LogP contribution in [0.4, 0.5) is 11.4 Å². The van der Waals surface area contributed by atoms with Gasteiger partial charge in [-0.2, -0.15) is 0 Å². The van der Waals surface area contributed by atoms with Gasteiger partial charge < -0.3 is 19.1 Å². The number of nitrogens with one attached hydrogen (secondary N) is 1. The molecular weight excluding hydrogens is 416 g/mol. The first-order valence-electron chi connectivity index (χ1n) is 9.73. The minimum Gasteiger partial charge on any atom is -0.472 e. The smallest absolute Gasteiger partial charge is 0.291 e. The topological polar surface area (TPSA) is 75.7 Å². The quantitative estimate of drug-likeness (QED) is 0.452. The lowest BCUT2D eigenvalue weighted by atomic mass is 10.1. The predicted molar refractivity (Wildman–Crippen MR) is 118 cm³/mol. The van der Waals surface area contributed by atoms with Crippen molar-refractivity contribution in [3.8, 4) is 11.3 Å². The van der Waals surface area contributed by atoms with E-state index in [1.165, 1.54) is 12.5 Å². The van der Waals surface area contributed by atoms with E-state index in [4.69, 9.17) is 20.4 Å². The second-order valence-electron chi connectivity index (χ2n) is 7.16. The van der Waals surface area contributed by atoms with Crippen molar-refractivity contribution in [3.05, 3.63) is 95.1 Å². The third kappa shape index (κ3) is 3.62. The Morgan fingerprint density at radius 1 is 1.03 bits per heavy atom. The van der Waals surface area contributed by atoms with Gasteiger partial charge in [-0.05, 0) is 60.5 Å². The molecule has 6 nitrogen and oxygen atoms in total. The maximum Gasteiger partial charge on any atom is 0.291 e. The summed E-state index contributed by atoms with van der Waals surface area (Å²) in [6, 6.07) is 17.8. The molecular formula is C24H17ClN2O4. The van der Waals surface area contributed by atoms with Gasteiger partial charge in [0.15, 0.2) is 5.76 Å². The van der Waals surface area contributed by atoms with E-state index < -0.39 is 0 Å². The maximum atomic E-state index is 12.7. The first kappa shape index (κ1) is 19.2. The van der Waals surface area contributed by atoms with Gasteiger partial charge in [0.05, 0.1) is 16.8 Å². The summed E-state index contributed by atoms with van der Waals surface area (Å²) in [6.07, 6.45) is 3.63. The molecule has 0 spiro atoms. The molecule has 31 heavy (non-hydrogen) atoms. The van der Waals surface area contributed by atoms with Gasteiger partial charge >= 0.3 is 0 Å². The summed E-state index contributed by atoms with van der Waals surface area (Å²) in [5.41, 5.74) is 3.70. The summed E-state index contributed by atoms with van der Waals surface area (Å²) in [6.45, 7) is 0.579. The van der Waals surface area contributed by atoms with Gasteiger partial charge in [0.2, 0.25) is 0 Å². The van der Waals surface area contributed by atoms with Gasteiger partial charge in [-0.3, -0.25) is 9.59 Å². The lowest BCUT2D eigenvalue weighted by molar-refractivity contribution is 0.0984. The maximum absolute atomic E-state index is 12.7. The Kier molecular flexibility index (Phi) is 4.84. The lowest BCUT2D eigenvalue weighted by Gasteiger charge is -2.16. The zero-order valence-electron chi connectivity index (χ0n) is 16.3. The molecule has 0 atom stereocenters. The van der Waals surface area contributed by atoms with E-state index in [0.717, 1.165) is 16.8 Å². The molecule has 4 aromatic rings. The van der Waals surface area contributed by atoms with Crippen LogP contribution in [-0.4, -0.2) is 18.4 Å². The number of fused-ring (bicyclic) bond motifs is 1. The summed E-state index contributed by atoms with van der Waals surface area (Å²) >= 11 is 6.20. The number of anilines is 2. The van der Waals surface area contributed by atoms with E-state index in [1.807, 2.05) is 30.3 Å². The van der Waals surface area contributed by atoms with Crippen molar-refractivity contribution in [2.75, 3.05) is 16.8 Å². The van der Waals surface area contributed by atoms with Crippen LogP contribution in [0.25, 0.3) is 11.3 Å². The third-order valence-electron chi connectivity index (χ3n) is 5.22. The van der Waals surface area contributed by atoms with E-state index >= 15 is 0 Å². The number of nitrogens with zero attached hydrogens (tertiary/aromatic N) is 1. The Morgan fingerprint density at radius 3 is 2.71 bits per heavy atom. The normalized spacial score (nSPS) is 12.6. The van der Waals surface area contributed by atoms with Crippen molar-refractivity contribution in [1.29, 1.82) is 0 Å². The van der Waals surface area contributed by atoms with Crippen LogP contribution in [0.1, 0.15) is 26.5 Å². The minimum absolute atomic E-state index is 0.105. The summed E-state index contributed by atoms with van der Waals surface area (Å²) < 4.78 is 10.7. The second kappa shape index (κ2) is 7.81. The number of carbonyl (C=O) groups is 2. The molecule has 154 valence electrons. The van der Waals surface area contributed by atoms with E-state index in [0.29, 0.717) is 35.0 Å². The first-order chi connectivity index (χ1) is 15.1. The number of benzene rings is 2. The van der Waals surface area contributed by atoms with E-state index in [1.54, 1.807) is 35.2 Å². The highest BCUT2D eigenvalue weighted by atomic mass is 35.5. The first-order valence-corrected chi connectivity index (χ1v) is 10.1. The van der Waals surface area contributed by atoms with Gasteiger partial charge in [0.1, 0.15) is 12.0 Å². The molecule has 0 fully saturated rings. The Morgan fingerprint density at radius 2 is 1.90 bits per heavy atom. The number of hydrogen-bond donors (Lipinski definition) is 1. The molecule has 0 saturated carbocycles. The van der Waals surface area contributed by atoms with Crippen molar-refractivity contribution in [2.24, 2.45) is 0 Å². The fourth-order valence-electron chi connectivity index (χ4n) is 3.69. The fourth-order valence-corrected chi connectivity index (χ4v) is 3.92. The highest BCUT2D eigenvalue weighted by molar-refractivity contribution is 6.33. The molecule has 3 heterocycles.